The fraction of sp³-hybridized carbons (Fsp3) is 0.312. The molecule has 1 aromatic heterocycles. The zero-order chi connectivity index (χ0) is 17.2. The van der Waals surface area contributed by atoms with Gasteiger partial charge in [0.2, 0.25) is 0 Å². The van der Waals surface area contributed by atoms with Crippen molar-refractivity contribution in [3.05, 3.63) is 48.4 Å². The van der Waals surface area contributed by atoms with E-state index in [0.29, 0.717) is 37.7 Å². The Morgan fingerprint density at radius 2 is 1.58 bits per heavy atom. The highest BCUT2D eigenvalue weighted by Crippen LogP contribution is 2.25. The van der Waals surface area contributed by atoms with Gasteiger partial charge in [0.15, 0.2) is 0 Å². The van der Waals surface area contributed by atoms with Crippen molar-refractivity contribution in [2.45, 2.75) is 6.36 Å². The van der Waals surface area contributed by atoms with Crippen LogP contribution in [-0.2, 0) is 0 Å². The van der Waals surface area contributed by atoms with Gasteiger partial charge < -0.3 is 14.5 Å². The molecule has 1 aliphatic rings. The minimum absolute atomic E-state index is 0.266. The van der Waals surface area contributed by atoms with Crippen molar-refractivity contribution in [3.63, 3.8) is 0 Å². The number of pyridine rings is 1. The maximum Gasteiger partial charge on any atom is 0.573 e. The van der Waals surface area contributed by atoms with E-state index < -0.39 is 6.36 Å². The number of aromatic nitrogens is 1. The van der Waals surface area contributed by atoms with Gasteiger partial charge in [-0.1, -0.05) is 12.1 Å². The molecule has 1 saturated heterocycles. The van der Waals surface area contributed by atoms with Crippen LogP contribution in [0.4, 0.5) is 29.1 Å². The van der Waals surface area contributed by atoms with Crippen LogP contribution >= 0.6 is 0 Å². The number of nitrogens with zero attached hydrogens (tertiary/aromatic N) is 3. The average Bonchev–Trinajstić information content (AvgIpc) is 2.55. The summed E-state index contributed by atoms with van der Waals surface area (Å²) in [6.07, 6.45) is -3.68. The van der Waals surface area contributed by atoms with E-state index >= 15 is 0 Å². The van der Waals surface area contributed by atoms with Crippen molar-refractivity contribution < 1.29 is 22.3 Å². The third-order valence-corrected chi connectivity index (χ3v) is 3.75. The number of hydrogen-bond donors (Lipinski definition) is 0. The molecule has 0 unspecified atom stereocenters. The maximum atomic E-state index is 13.8. The molecule has 128 valence electrons. The molecule has 0 amide bonds. The second-order valence-corrected chi connectivity index (χ2v) is 5.33. The molecule has 1 aliphatic heterocycles. The van der Waals surface area contributed by atoms with E-state index in [9.17, 15) is 17.6 Å². The number of para-hydroxylation sites is 1. The molecule has 2 aromatic rings. The lowest BCUT2D eigenvalue weighted by molar-refractivity contribution is -0.274. The molecule has 8 heteroatoms. The number of anilines is 2. The van der Waals surface area contributed by atoms with Gasteiger partial charge in [-0.25, -0.2) is 9.37 Å². The third-order valence-electron chi connectivity index (χ3n) is 3.75. The van der Waals surface area contributed by atoms with Crippen molar-refractivity contribution in [2.75, 3.05) is 36.0 Å². The maximum absolute atomic E-state index is 13.8. The van der Waals surface area contributed by atoms with E-state index in [1.807, 2.05) is 9.80 Å². The van der Waals surface area contributed by atoms with Crippen molar-refractivity contribution in [3.8, 4) is 5.75 Å². The Morgan fingerprint density at radius 1 is 0.917 bits per heavy atom. The number of ether oxygens (including phenoxy) is 1. The molecule has 1 aromatic carbocycles. The first-order chi connectivity index (χ1) is 11.4. The summed E-state index contributed by atoms with van der Waals surface area (Å²) in [5.74, 6) is -0.0494. The average molecular weight is 341 g/mol. The normalized spacial score (nSPS) is 15.5. The molecule has 0 bridgehead atoms. The number of rotatable bonds is 3. The molecule has 0 radical (unpaired) electrons. The van der Waals surface area contributed by atoms with Crippen LogP contribution in [0, 0.1) is 5.82 Å². The van der Waals surface area contributed by atoms with E-state index in [1.165, 1.54) is 18.2 Å². The lowest BCUT2D eigenvalue weighted by Crippen LogP contribution is -2.47. The summed E-state index contributed by atoms with van der Waals surface area (Å²) < 4.78 is 54.0. The highest BCUT2D eigenvalue weighted by molar-refractivity contribution is 5.50. The summed E-state index contributed by atoms with van der Waals surface area (Å²) >= 11 is 0. The Labute approximate surface area is 136 Å². The van der Waals surface area contributed by atoms with E-state index in [1.54, 1.807) is 18.2 Å². The highest BCUT2D eigenvalue weighted by atomic mass is 19.4. The smallest absolute Gasteiger partial charge is 0.404 e. The first-order valence-electron chi connectivity index (χ1n) is 7.38. The second kappa shape index (κ2) is 6.54. The standard InChI is InChI=1S/C16H15F4N3O/c17-13-3-1-2-4-14(13)22-7-9-23(10-8-22)15-6-5-12(11-21-15)24-16(18,19)20/h1-6,11H,7-10H2. The summed E-state index contributed by atoms with van der Waals surface area (Å²) in [6.45, 7) is 2.40. The van der Waals surface area contributed by atoms with Crippen molar-refractivity contribution in [1.82, 2.24) is 4.98 Å². The number of hydrogen-bond acceptors (Lipinski definition) is 4. The Bertz CT molecular complexity index is 682. The van der Waals surface area contributed by atoms with E-state index in [2.05, 4.69) is 9.72 Å². The number of alkyl halides is 3. The molecule has 4 nitrogen and oxygen atoms in total. The second-order valence-electron chi connectivity index (χ2n) is 5.33. The quantitative estimate of drug-likeness (QED) is 0.800. The number of piperazine rings is 1. The van der Waals surface area contributed by atoms with Gasteiger partial charge in [0, 0.05) is 26.2 Å². The van der Waals surface area contributed by atoms with Crippen molar-refractivity contribution in [2.24, 2.45) is 0 Å². The molecule has 0 saturated carbocycles. The molecule has 0 aliphatic carbocycles. The van der Waals surface area contributed by atoms with Crippen LogP contribution in [0.2, 0.25) is 0 Å². The lowest BCUT2D eigenvalue weighted by Gasteiger charge is -2.36. The fourth-order valence-corrected chi connectivity index (χ4v) is 2.64. The zero-order valence-corrected chi connectivity index (χ0v) is 12.6. The molecule has 0 atom stereocenters. The van der Waals surface area contributed by atoms with Gasteiger partial charge in [-0.2, -0.15) is 0 Å². The van der Waals surface area contributed by atoms with E-state index in [-0.39, 0.29) is 11.6 Å². The summed E-state index contributed by atoms with van der Waals surface area (Å²) in [4.78, 5) is 7.89. The van der Waals surface area contributed by atoms with Crippen LogP contribution in [0.5, 0.6) is 5.75 Å². The third kappa shape index (κ3) is 3.87. The Kier molecular flexibility index (Phi) is 4.46. The van der Waals surface area contributed by atoms with E-state index in [0.717, 1.165) is 6.20 Å². The summed E-state index contributed by atoms with van der Waals surface area (Å²) in [5, 5.41) is 0. The molecule has 0 N–H and O–H groups in total. The number of benzene rings is 1. The molecule has 24 heavy (non-hydrogen) atoms. The Balaban J connectivity index is 1.61. The summed E-state index contributed by atoms with van der Waals surface area (Å²) in [5.41, 5.74) is 0.555. The van der Waals surface area contributed by atoms with Gasteiger partial charge in [-0.15, -0.1) is 13.2 Å². The molecular formula is C16H15F4N3O. The molecule has 3 rings (SSSR count). The summed E-state index contributed by atoms with van der Waals surface area (Å²) in [7, 11) is 0. The van der Waals surface area contributed by atoms with Gasteiger partial charge in [0.05, 0.1) is 11.9 Å². The Morgan fingerprint density at radius 3 is 2.17 bits per heavy atom. The van der Waals surface area contributed by atoms with Crippen LogP contribution in [0.25, 0.3) is 0 Å². The van der Waals surface area contributed by atoms with Gasteiger partial charge in [0.1, 0.15) is 17.4 Å². The Hall–Kier alpha value is -2.51. The zero-order valence-electron chi connectivity index (χ0n) is 12.6. The predicted octanol–water partition coefficient (Wildman–Crippen LogP) is 3.45. The van der Waals surface area contributed by atoms with Crippen molar-refractivity contribution in [1.29, 1.82) is 0 Å². The van der Waals surface area contributed by atoms with Gasteiger partial charge in [-0.05, 0) is 24.3 Å². The minimum Gasteiger partial charge on any atom is -0.404 e. The lowest BCUT2D eigenvalue weighted by atomic mass is 10.2. The molecule has 0 spiro atoms. The number of halogens is 4. The highest BCUT2D eigenvalue weighted by Gasteiger charge is 2.31. The van der Waals surface area contributed by atoms with Crippen LogP contribution in [0.3, 0.4) is 0 Å². The van der Waals surface area contributed by atoms with E-state index in [4.69, 9.17) is 0 Å². The first-order valence-corrected chi connectivity index (χ1v) is 7.38. The first kappa shape index (κ1) is 16.4. The molecular weight excluding hydrogens is 326 g/mol. The van der Waals surface area contributed by atoms with Crippen LogP contribution in [0.15, 0.2) is 42.6 Å². The SMILES string of the molecule is Fc1ccccc1N1CCN(c2ccc(OC(F)(F)F)cn2)CC1. The minimum atomic E-state index is -4.73. The van der Waals surface area contributed by atoms with Gasteiger partial charge >= 0.3 is 6.36 Å². The predicted molar refractivity (Wildman–Crippen MR) is 81.7 cm³/mol. The molecule has 2 heterocycles. The fourth-order valence-electron chi connectivity index (χ4n) is 2.64. The van der Waals surface area contributed by atoms with Crippen LogP contribution in [-0.4, -0.2) is 37.5 Å². The monoisotopic (exact) mass is 341 g/mol. The summed E-state index contributed by atoms with van der Waals surface area (Å²) in [6, 6.07) is 9.29. The van der Waals surface area contributed by atoms with Gasteiger partial charge in [0.25, 0.3) is 0 Å². The van der Waals surface area contributed by atoms with Crippen LogP contribution in [0.1, 0.15) is 0 Å². The topological polar surface area (TPSA) is 28.6 Å². The van der Waals surface area contributed by atoms with Crippen LogP contribution < -0.4 is 14.5 Å². The largest absolute Gasteiger partial charge is 0.573 e. The van der Waals surface area contributed by atoms with Gasteiger partial charge in [-0.3, -0.25) is 0 Å². The van der Waals surface area contributed by atoms with Crippen molar-refractivity contribution >= 4 is 11.5 Å². The molecule has 1 fully saturated rings.